The molecule has 1 aliphatic rings. The standard InChI is InChI=1S/C10H13F6N3O2/c1-17-7(21)18-6(20)4-19-3-2-8(5-19,9(11,12)13)10(14,15)16/h2-5H2,1H3,(H2,17,18,20,21). The maximum atomic E-state index is 12.8. The van der Waals surface area contributed by atoms with Crippen LogP contribution < -0.4 is 10.6 Å². The van der Waals surface area contributed by atoms with E-state index in [-0.39, 0.29) is 0 Å². The van der Waals surface area contributed by atoms with E-state index in [9.17, 15) is 35.9 Å². The van der Waals surface area contributed by atoms with Crippen LogP contribution in [0.3, 0.4) is 0 Å². The minimum Gasteiger partial charge on any atom is -0.341 e. The number of hydrogen-bond acceptors (Lipinski definition) is 3. The van der Waals surface area contributed by atoms with Gasteiger partial charge in [0.1, 0.15) is 0 Å². The lowest BCUT2D eigenvalue weighted by molar-refractivity contribution is -0.335. The second kappa shape index (κ2) is 5.70. The molecule has 0 radical (unpaired) electrons. The van der Waals surface area contributed by atoms with Gasteiger partial charge in [-0.25, -0.2) is 4.79 Å². The summed E-state index contributed by atoms with van der Waals surface area (Å²) in [5.74, 6) is -0.977. The molecular formula is C10H13F6N3O2. The van der Waals surface area contributed by atoms with Gasteiger partial charge in [-0.2, -0.15) is 26.3 Å². The zero-order valence-corrected chi connectivity index (χ0v) is 10.9. The van der Waals surface area contributed by atoms with E-state index in [0.717, 1.165) is 4.90 Å². The van der Waals surface area contributed by atoms with Gasteiger partial charge in [-0.15, -0.1) is 0 Å². The average Bonchev–Trinajstić information content (AvgIpc) is 2.72. The first-order valence-electron chi connectivity index (χ1n) is 5.80. The molecule has 0 bridgehead atoms. The molecule has 0 unspecified atom stereocenters. The first-order chi connectivity index (χ1) is 9.43. The van der Waals surface area contributed by atoms with Crippen LogP contribution >= 0.6 is 0 Å². The van der Waals surface area contributed by atoms with Gasteiger partial charge >= 0.3 is 18.4 Å². The molecule has 5 nitrogen and oxygen atoms in total. The van der Waals surface area contributed by atoms with Crippen LogP contribution in [0.4, 0.5) is 31.1 Å². The summed E-state index contributed by atoms with van der Waals surface area (Å²) in [6.07, 6.45) is -12.1. The lowest BCUT2D eigenvalue weighted by Crippen LogP contribution is -2.52. The summed E-state index contributed by atoms with van der Waals surface area (Å²) in [4.78, 5) is 22.8. The van der Waals surface area contributed by atoms with Crippen molar-refractivity contribution in [2.45, 2.75) is 18.8 Å². The number of nitrogens with one attached hydrogen (secondary N) is 2. The predicted molar refractivity (Wildman–Crippen MR) is 58.2 cm³/mol. The van der Waals surface area contributed by atoms with Crippen molar-refractivity contribution < 1.29 is 35.9 Å². The fraction of sp³-hybridized carbons (Fsp3) is 0.800. The third-order valence-corrected chi connectivity index (χ3v) is 3.28. The highest BCUT2D eigenvalue weighted by molar-refractivity contribution is 5.95. The van der Waals surface area contributed by atoms with E-state index in [1.165, 1.54) is 7.05 Å². The molecule has 0 saturated carbocycles. The summed E-state index contributed by atoms with van der Waals surface area (Å²) in [5, 5.41) is 3.80. The number of urea groups is 1. The number of alkyl halides is 6. The quantitative estimate of drug-likeness (QED) is 0.753. The maximum absolute atomic E-state index is 12.8. The molecule has 21 heavy (non-hydrogen) atoms. The van der Waals surface area contributed by atoms with Crippen molar-refractivity contribution in [3.63, 3.8) is 0 Å². The number of likely N-dealkylation sites (tertiary alicyclic amines) is 1. The smallest absolute Gasteiger partial charge is 0.341 e. The molecule has 11 heteroatoms. The molecule has 0 atom stereocenters. The summed E-state index contributed by atoms with van der Waals surface area (Å²) >= 11 is 0. The topological polar surface area (TPSA) is 61.4 Å². The second-order valence-electron chi connectivity index (χ2n) is 4.67. The van der Waals surface area contributed by atoms with Crippen LogP contribution in [0.15, 0.2) is 0 Å². The highest BCUT2D eigenvalue weighted by Gasteiger charge is 2.72. The van der Waals surface area contributed by atoms with Gasteiger partial charge in [-0.1, -0.05) is 0 Å². The zero-order chi connectivity index (χ0) is 16.5. The van der Waals surface area contributed by atoms with Crippen LogP contribution in [-0.4, -0.2) is 55.9 Å². The number of halogens is 6. The Kier molecular flexibility index (Phi) is 4.76. The van der Waals surface area contributed by atoms with Crippen molar-refractivity contribution in [3.8, 4) is 0 Å². The molecule has 1 rings (SSSR count). The van der Waals surface area contributed by atoms with E-state index in [4.69, 9.17) is 0 Å². The fourth-order valence-corrected chi connectivity index (χ4v) is 2.08. The highest BCUT2D eigenvalue weighted by Crippen LogP contribution is 2.55. The van der Waals surface area contributed by atoms with Crippen LogP contribution in [0.25, 0.3) is 0 Å². The first kappa shape index (κ1) is 17.5. The first-order valence-corrected chi connectivity index (χ1v) is 5.80. The average molecular weight is 321 g/mol. The van der Waals surface area contributed by atoms with Crippen molar-refractivity contribution >= 4 is 11.9 Å². The summed E-state index contributed by atoms with van der Waals surface area (Å²) in [5.41, 5.74) is -3.84. The molecule has 0 aromatic heterocycles. The molecule has 1 aliphatic heterocycles. The van der Waals surface area contributed by atoms with Gasteiger partial charge in [0.2, 0.25) is 5.91 Å². The van der Waals surface area contributed by atoms with Crippen LogP contribution in [-0.2, 0) is 4.79 Å². The van der Waals surface area contributed by atoms with Crippen molar-refractivity contribution in [1.82, 2.24) is 15.5 Å². The Morgan fingerprint density at radius 2 is 1.67 bits per heavy atom. The molecule has 0 aliphatic carbocycles. The number of rotatable bonds is 2. The van der Waals surface area contributed by atoms with E-state index in [0.29, 0.717) is 0 Å². The molecule has 0 aromatic rings. The molecule has 0 spiro atoms. The molecule has 1 heterocycles. The molecule has 1 fully saturated rings. The van der Waals surface area contributed by atoms with Crippen molar-refractivity contribution in [3.05, 3.63) is 0 Å². The van der Waals surface area contributed by atoms with Gasteiger partial charge in [-0.05, 0) is 13.0 Å². The van der Waals surface area contributed by atoms with E-state index in [1.54, 1.807) is 5.32 Å². The monoisotopic (exact) mass is 321 g/mol. The summed E-state index contributed by atoms with van der Waals surface area (Å²) in [6, 6.07) is -0.892. The zero-order valence-electron chi connectivity index (χ0n) is 10.9. The minimum atomic E-state index is -5.46. The van der Waals surface area contributed by atoms with Gasteiger partial charge in [-0.3, -0.25) is 15.0 Å². The summed E-state index contributed by atoms with van der Waals surface area (Å²) < 4.78 is 76.7. The second-order valence-corrected chi connectivity index (χ2v) is 4.67. The molecule has 122 valence electrons. The van der Waals surface area contributed by atoms with Crippen molar-refractivity contribution in [1.29, 1.82) is 0 Å². The fourth-order valence-electron chi connectivity index (χ4n) is 2.08. The van der Waals surface area contributed by atoms with Crippen molar-refractivity contribution in [2.24, 2.45) is 5.41 Å². The van der Waals surface area contributed by atoms with Gasteiger partial charge in [0.25, 0.3) is 0 Å². The number of carbonyl (C=O) groups is 2. The highest BCUT2D eigenvalue weighted by atomic mass is 19.4. The van der Waals surface area contributed by atoms with Crippen LogP contribution in [0.2, 0.25) is 0 Å². The predicted octanol–water partition coefficient (Wildman–Crippen LogP) is 1.26. The summed E-state index contributed by atoms with van der Waals surface area (Å²) in [6.45, 7) is -2.62. The van der Waals surface area contributed by atoms with E-state index in [2.05, 4.69) is 0 Å². The Balaban J connectivity index is 2.77. The largest absolute Gasteiger partial charge is 0.404 e. The Labute approximate surface area is 115 Å². The lowest BCUT2D eigenvalue weighted by Gasteiger charge is -2.33. The Hall–Kier alpha value is -1.52. The number of hydrogen-bond donors (Lipinski definition) is 2. The Morgan fingerprint density at radius 3 is 2.05 bits per heavy atom. The van der Waals surface area contributed by atoms with Crippen LogP contribution in [0, 0.1) is 5.41 Å². The van der Waals surface area contributed by atoms with E-state index >= 15 is 0 Å². The molecule has 2 N–H and O–H groups in total. The van der Waals surface area contributed by atoms with Crippen LogP contribution in [0.1, 0.15) is 6.42 Å². The summed E-state index contributed by atoms with van der Waals surface area (Å²) in [7, 11) is 1.21. The third-order valence-electron chi connectivity index (χ3n) is 3.28. The number of carbonyl (C=O) groups excluding carboxylic acids is 2. The lowest BCUT2D eigenvalue weighted by atomic mass is 9.85. The van der Waals surface area contributed by atoms with E-state index in [1.807, 2.05) is 5.32 Å². The molecule has 0 aromatic carbocycles. The van der Waals surface area contributed by atoms with Gasteiger partial charge < -0.3 is 5.32 Å². The van der Waals surface area contributed by atoms with Gasteiger partial charge in [0.15, 0.2) is 5.41 Å². The molecule has 1 saturated heterocycles. The maximum Gasteiger partial charge on any atom is 0.404 e. The number of amides is 3. The molecule has 3 amide bonds. The normalized spacial score (nSPS) is 19.4. The Morgan fingerprint density at radius 1 is 1.14 bits per heavy atom. The number of imide groups is 1. The van der Waals surface area contributed by atoms with E-state index < -0.39 is 55.8 Å². The van der Waals surface area contributed by atoms with Crippen molar-refractivity contribution in [2.75, 3.05) is 26.7 Å². The number of nitrogens with zero attached hydrogens (tertiary/aromatic N) is 1. The third kappa shape index (κ3) is 3.57. The SMILES string of the molecule is CNC(=O)NC(=O)CN1CCC(C(F)(F)F)(C(F)(F)F)C1. The molecular weight excluding hydrogens is 308 g/mol. The minimum absolute atomic E-state index is 0.541. The van der Waals surface area contributed by atoms with Gasteiger partial charge in [0.05, 0.1) is 6.54 Å². The Bertz CT molecular complexity index is 406. The van der Waals surface area contributed by atoms with Crippen LogP contribution in [0.5, 0.6) is 0 Å². The van der Waals surface area contributed by atoms with Gasteiger partial charge in [0, 0.05) is 13.6 Å².